The van der Waals surface area contributed by atoms with Crippen molar-refractivity contribution in [3.63, 3.8) is 0 Å². The van der Waals surface area contributed by atoms with Crippen molar-refractivity contribution in [1.29, 1.82) is 5.26 Å². The van der Waals surface area contributed by atoms with Gasteiger partial charge in [0.15, 0.2) is 0 Å². The number of benzene rings is 1. The maximum atomic E-state index is 11.1. The topological polar surface area (TPSA) is 90.6 Å². The number of hydrogen-bond donors (Lipinski definition) is 2. The number of methoxy groups -OCH3 is 1. The summed E-state index contributed by atoms with van der Waals surface area (Å²) in [7, 11) is 1.16. The first-order chi connectivity index (χ1) is 7.58. The lowest BCUT2D eigenvalue weighted by molar-refractivity contribution is -0.135. The molecule has 0 aromatic heterocycles. The maximum Gasteiger partial charge on any atom is 0.348 e. The van der Waals surface area contributed by atoms with Crippen LogP contribution < -0.4 is 0 Å². The van der Waals surface area contributed by atoms with E-state index in [-0.39, 0.29) is 22.6 Å². The normalized spacial score (nSPS) is 10.6. The van der Waals surface area contributed by atoms with E-state index in [0.29, 0.717) is 0 Å². The molecule has 0 atom stereocenters. The molecule has 0 radical (unpaired) electrons. The number of carbonyl (C=O) groups is 1. The highest BCUT2D eigenvalue weighted by atomic mass is 16.5. The molecule has 0 aliphatic carbocycles. The molecule has 5 heteroatoms. The molecular weight excluding hydrogens is 210 g/mol. The zero-order valence-electron chi connectivity index (χ0n) is 8.47. The fraction of sp³-hybridized carbons (Fsp3) is 0.0909. The van der Waals surface area contributed by atoms with Crippen molar-refractivity contribution in [2.45, 2.75) is 0 Å². The van der Waals surface area contributed by atoms with Crippen LogP contribution in [0.15, 0.2) is 23.8 Å². The highest BCUT2D eigenvalue weighted by Crippen LogP contribution is 2.24. The number of phenols is 2. The maximum absolute atomic E-state index is 11.1. The number of ether oxygens (including phenoxy) is 1. The predicted octanol–water partition coefficient (Wildman–Crippen LogP) is 1.18. The van der Waals surface area contributed by atoms with Crippen LogP contribution in [0.3, 0.4) is 0 Å². The molecular formula is C11H9NO4. The standard InChI is InChI=1S/C11H9NO4/c1-16-11(15)8(6-12)4-7-2-3-9(13)5-10(7)14/h2-5,13-14H,1H3/b8-4+. The summed E-state index contributed by atoms with van der Waals surface area (Å²) in [6.45, 7) is 0. The van der Waals surface area contributed by atoms with Gasteiger partial charge >= 0.3 is 5.97 Å². The second-order valence-electron chi connectivity index (χ2n) is 2.90. The number of nitriles is 1. The minimum Gasteiger partial charge on any atom is -0.508 e. The lowest BCUT2D eigenvalue weighted by atomic mass is 10.1. The molecule has 0 aliphatic rings. The predicted molar refractivity (Wildman–Crippen MR) is 55.4 cm³/mol. The van der Waals surface area contributed by atoms with Crippen molar-refractivity contribution < 1.29 is 19.7 Å². The zero-order chi connectivity index (χ0) is 12.1. The SMILES string of the molecule is COC(=O)/C(C#N)=C/c1ccc(O)cc1O. The van der Waals surface area contributed by atoms with Crippen LogP contribution >= 0.6 is 0 Å². The number of phenolic OH excluding ortho intramolecular Hbond substituents is 2. The quantitative estimate of drug-likeness (QED) is 0.442. The highest BCUT2D eigenvalue weighted by Gasteiger charge is 2.10. The third-order valence-electron chi connectivity index (χ3n) is 1.84. The van der Waals surface area contributed by atoms with E-state index in [0.717, 1.165) is 13.2 Å². The summed E-state index contributed by atoms with van der Waals surface area (Å²) in [5, 5.41) is 27.2. The second kappa shape index (κ2) is 4.84. The fourth-order valence-electron chi connectivity index (χ4n) is 1.06. The monoisotopic (exact) mass is 219 g/mol. The minimum absolute atomic E-state index is 0.105. The van der Waals surface area contributed by atoms with Gasteiger partial charge in [0.05, 0.1) is 7.11 Å². The van der Waals surface area contributed by atoms with Crippen molar-refractivity contribution in [2.24, 2.45) is 0 Å². The van der Waals surface area contributed by atoms with Crippen molar-refractivity contribution in [3.8, 4) is 17.6 Å². The van der Waals surface area contributed by atoms with Gasteiger partial charge in [0.25, 0.3) is 0 Å². The number of carbonyl (C=O) groups excluding carboxylic acids is 1. The smallest absolute Gasteiger partial charge is 0.348 e. The molecule has 0 unspecified atom stereocenters. The molecule has 2 N–H and O–H groups in total. The van der Waals surface area contributed by atoms with Gasteiger partial charge < -0.3 is 14.9 Å². The van der Waals surface area contributed by atoms with Crippen molar-refractivity contribution >= 4 is 12.0 Å². The van der Waals surface area contributed by atoms with E-state index in [1.54, 1.807) is 6.07 Å². The van der Waals surface area contributed by atoms with Crippen LogP contribution in [0.25, 0.3) is 6.08 Å². The van der Waals surface area contributed by atoms with E-state index in [9.17, 15) is 9.90 Å². The van der Waals surface area contributed by atoms with Crippen LogP contribution in [0.4, 0.5) is 0 Å². The van der Waals surface area contributed by atoms with Gasteiger partial charge in [-0.3, -0.25) is 0 Å². The van der Waals surface area contributed by atoms with Gasteiger partial charge in [0.2, 0.25) is 0 Å². The van der Waals surface area contributed by atoms with E-state index in [1.165, 1.54) is 18.2 Å². The Morgan fingerprint density at radius 3 is 2.69 bits per heavy atom. The van der Waals surface area contributed by atoms with Crippen molar-refractivity contribution in [2.75, 3.05) is 7.11 Å². The van der Waals surface area contributed by atoms with Crippen LogP contribution in [-0.4, -0.2) is 23.3 Å². The molecule has 5 nitrogen and oxygen atoms in total. The van der Waals surface area contributed by atoms with Crippen LogP contribution in [0, 0.1) is 11.3 Å². The van der Waals surface area contributed by atoms with Crippen LogP contribution in [0.1, 0.15) is 5.56 Å². The van der Waals surface area contributed by atoms with Crippen LogP contribution in [0.5, 0.6) is 11.5 Å². The summed E-state index contributed by atoms with van der Waals surface area (Å²) in [5.41, 5.74) is 0.0169. The van der Waals surface area contributed by atoms with E-state index in [4.69, 9.17) is 10.4 Å². The van der Waals surface area contributed by atoms with Gasteiger partial charge in [0.1, 0.15) is 23.1 Å². The Morgan fingerprint density at radius 1 is 1.50 bits per heavy atom. The Bertz CT molecular complexity index is 485. The first kappa shape index (κ1) is 11.6. The van der Waals surface area contributed by atoms with E-state index in [2.05, 4.69) is 4.74 Å². The lowest BCUT2D eigenvalue weighted by Gasteiger charge is -2.00. The summed E-state index contributed by atoms with van der Waals surface area (Å²) in [4.78, 5) is 11.1. The van der Waals surface area contributed by atoms with Gasteiger partial charge in [-0.15, -0.1) is 0 Å². The molecule has 0 saturated carbocycles. The third kappa shape index (κ3) is 2.51. The first-order valence-electron chi connectivity index (χ1n) is 4.30. The van der Waals surface area contributed by atoms with Gasteiger partial charge in [-0.1, -0.05) is 0 Å². The zero-order valence-corrected chi connectivity index (χ0v) is 8.47. The molecule has 0 heterocycles. The molecule has 82 valence electrons. The summed E-state index contributed by atoms with van der Waals surface area (Å²) in [6.07, 6.45) is 1.18. The Balaban J connectivity index is 3.15. The molecule has 0 saturated heterocycles. The lowest BCUT2D eigenvalue weighted by Crippen LogP contribution is -2.02. The molecule has 1 aromatic rings. The van der Waals surface area contributed by atoms with Crippen molar-refractivity contribution in [1.82, 2.24) is 0 Å². The number of rotatable bonds is 2. The summed E-state index contributed by atoms with van der Waals surface area (Å²) in [5.74, 6) is -1.11. The van der Waals surface area contributed by atoms with Gasteiger partial charge in [-0.2, -0.15) is 5.26 Å². The fourth-order valence-corrected chi connectivity index (χ4v) is 1.06. The molecule has 1 aromatic carbocycles. The Hall–Kier alpha value is -2.48. The Kier molecular flexibility index (Phi) is 3.51. The summed E-state index contributed by atoms with van der Waals surface area (Å²) < 4.78 is 4.38. The number of hydrogen-bond acceptors (Lipinski definition) is 5. The first-order valence-corrected chi connectivity index (χ1v) is 4.30. The van der Waals surface area contributed by atoms with Gasteiger partial charge in [-0.05, 0) is 18.2 Å². The Labute approximate surface area is 91.8 Å². The summed E-state index contributed by atoms with van der Waals surface area (Å²) >= 11 is 0. The van der Waals surface area contributed by atoms with Crippen molar-refractivity contribution in [3.05, 3.63) is 29.3 Å². The van der Waals surface area contributed by atoms with E-state index < -0.39 is 5.97 Å². The Morgan fingerprint density at radius 2 is 2.19 bits per heavy atom. The number of aromatic hydroxyl groups is 2. The van der Waals surface area contributed by atoms with Gasteiger partial charge in [0, 0.05) is 11.6 Å². The average molecular weight is 219 g/mol. The molecule has 0 amide bonds. The molecule has 16 heavy (non-hydrogen) atoms. The largest absolute Gasteiger partial charge is 0.508 e. The summed E-state index contributed by atoms with van der Waals surface area (Å²) in [6, 6.07) is 5.48. The van der Waals surface area contributed by atoms with E-state index >= 15 is 0 Å². The number of nitrogens with zero attached hydrogens (tertiary/aromatic N) is 1. The molecule has 0 fully saturated rings. The second-order valence-corrected chi connectivity index (χ2v) is 2.90. The minimum atomic E-state index is -0.782. The third-order valence-corrected chi connectivity index (χ3v) is 1.84. The molecule has 1 rings (SSSR count). The average Bonchev–Trinajstić information content (AvgIpc) is 2.27. The van der Waals surface area contributed by atoms with Crippen LogP contribution in [-0.2, 0) is 9.53 Å². The number of esters is 1. The highest BCUT2D eigenvalue weighted by molar-refractivity contribution is 5.98. The molecule has 0 aliphatic heterocycles. The van der Waals surface area contributed by atoms with Crippen LogP contribution in [0.2, 0.25) is 0 Å². The van der Waals surface area contributed by atoms with E-state index in [1.807, 2.05) is 0 Å². The molecule has 0 bridgehead atoms. The molecule has 0 spiro atoms. The van der Waals surface area contributed by atoms with Gasteiger partial charge in [-0.25, -0.2) is 4.79 Å².